The smallest absolute Gasteiger partial charge is 0.203 e. The summed E-state index contributed by atoms with van der Waals surface area (Å²) in [4.78, 5) is 15.0. The number of rotatable bonds is 10. The van der Waals surface area contributed by atoms with Gasteiger partial charge in [-0.2, -0.15) is 0 Å². The van der Waals surface area contributed by atoms with E-state index in [-0.39, 0.29) is 30.6 Å². The predicted molar refractivity (Wildman–Crippen MR) is 235 cm³/mol. The zero-order valence-corrected chi connectivity index (χ0v) is 40.7. The Bertz CT molecular complexity index is 2000. The molecule has 72 heavy (non-hydrogen) atoms. The van der Waals surface area contributed by atoms with Gasteiger partial charge in [-0.3, -0.25) is 4.79 Å². The molecule has 0 aromatic heterocycles. The molecule has 24 heteroatoms. The van der Waals surface area contributed by atoms with Crippen molar-refractivity contribution in [3.05, 3.63) is 11.6 Å². The molecule has 0 aromatic carbocycles. The maximum absolute atomic E-state index is 15.0. The SMILES string of the molecule is C[C@@H]1O[C@@H](O[C@H]2[C@H](O[C@@H]3C[C@H](O)CC4=CC[C@H]5[C@@H]6C(=O)[C@@H]7O[C@@]8(OC[C@H](C)[C@@H](O)[C@@H]8O)[C@@H](CO)[C@@H]7[C@@]6(C)CC[C@@H]5[C@]43C)OC[C@H](O[C@@H]3OC[C@@H](O)[C@H](O)[C@H]3O)[C@@H]2O)[C@H](O)[C@H](O[C@@H]2OC[C@](O)(CO)[C@H]2O)[C@H]1O. The van der Waals surface area contributed by atoms with E-state index in [4.69, 9.17) is 47.4 Å². The Morgan fingerprint density at radius 2 is 1.47 bits per heavy atom. The lowest BCUT2D eigenvalue weighted by molar-refractivity contribution is -0.381. The van der Waals surface area contributed by atoms with Crippen LogP contribution in [0.3, 0.4) is 0 Å². The standard InChI is InChI=1S/C48H74O24/c1-17-12-66-48(39(60)29(17)53)23(11-49)28-36(72-48)33(57)27-21-6-5-19-9-20(51)10-26(46(19,4)22(21)7-8-45(27,28)3)69-43-38(32(56)25(14-64-43)68-41-34(58)31(55)24(52)13-63-41)71-42-35(59)37(30(54)18(2)67-42)70-44-40(61)47(62,15-50)16-65-44/h5,17-18,20-32,34-44,49-56,58-62H,6-16H2,1-4H3/t17-,18-,20+,21+,22-,23-,24+,25-,26+,27+,28-,29+,30-,31-,32-,34+,35+,36+,37+,38+,39-,40-,41-,42-,43-,44-,45-,46-,47+,48-/m0/s1. The Morgan fingerprint density at radius 1 is 0.750 bits per heavy atom. The molecular formula is C48H74O24. The second-order valence-corrected chi connectivity index (χ2v) is 22.9. The molecule has 6 saturated heterocycles. The molecule has 0 bridgehead atoms. The van der Waals surface area contributed by atoms with Crippen molar-refractivity contribution in [2.75, 3.05) is 39.6 Å². The van der Waals surface area contributed by atoms with Crippen LogP contribution in [0.2, 0.25) is 0 Å². The van der Waals surface area contributed by atoms with Crippen LogP contribution in [-0.2, 0) is 52.2 Å². The molecule has 6 aliphatic heterocycles. The maximum Gasteiger partial charge on any atom is 0.203 e. The Hall–Kier alpha value is -1.51. The van der Waals surface area contributed by atoms with Crippen molar-refractivity contribution < 1.29 is 119 Å². The van der Waals surface area contributed by atoms with Crippen molar-refractivity contribution in [1.29, 1.82) is 0 Å². The van der Waals surface area contributed by atoms with Gasteiger partial charge in [-0.1, -0.05) is 32.4 Å². The van der Waals surface area contributed by atoms with E-state index in [1.807, 2.05) is 19.9 Å². The van der Waals surface area contributed by atoms with Crippen molar-refractivity contribution >= 4 is 5.78 Å². The third kappa shape index (κ3) is 8.33. The number of ether oxygens (including phenoxy) is 10. The number of carbonyl (C=O) groups is 1. The van der Waals surface area contributed by atoms with Crippen LogP contribution < -0.4 is 0 Å². The highest BCUT2D eigenvalue weighted by molar-refractivity contribution is 5.90. The fourth-order valence-corrected chi connectivity index (χ4v) is 14.6. The third-order valence-corrected chi connectivity index (χ3v) is 18.8. The quantitative estimate of drug-likeness (QED) is 0.0912. The van der Waals surface area contributed by atoms with Crippen molar-refractivity contribution in [2.24, 2.45) is 46.3 Å². The summed E-state index contributed by atoms with van der Waals surface area (Å²) in [5, 5.41) is 142. The number of aliphatic hydroxyl groups is 13. The fourth-order valence-electron chi connectivity index (χ4n) is 14.6. The van der Waals surface area contributed by atoms with Crippen LogP contribution in [0.5, 0.6) is 0 Å². The first kappa shape index (κ1) is 53.9. The molecule has 24 nitrogen and oxygen atoms in total. The summed E-state index contributed by atoms with van der Waals surface area (Å²) >= 11 is 0. The zero-order valence-electron chi connectivity index (χ0n) is 40.7. The highest BCUT2D eigenvalue weighted by Crippen LogP contribution is 2.70. The molecule has 0 amide bonds. The van der Waals surface area contributed by atoms with E-state index >= 15 is 0 Å². The maximum atomic E-state index is 15.0. The topological polar surface area (TPSA) is 372 Å². The highest BCUT2D eigenvalue weighted by atomic mass is 16.8. The van der Waals surface area contributed by atoms with Gasteiger partial charge in [-0.15, -0.1) is 0 Å². The summed E-state index contributed by atoms with van der Waals surface area (Å²) in [5.41, 5.74) is -2.79. The first-order valence-corrected chi connectivity index (χ1v) is 25.5. The lowest BCUT2D eigenvalue weighted by atomic mass is 9.46. The number of hydrogen-bond acceptors (Lipinski definition) is 24. The number of carbonyl (C=O) groups excluding carboxylic acids is 1. The van der Waals surface area contributed by atoms with E-state index in [1.54, 1.807) is 6.92 Å². The van der Waals surface area contributed by atoms with Crippen LogP contribution in [0.1, 0.15) is 59.8 Å². The molecule has 10 aliphatic rings. The molecule has 6 heterocycles. The highest BCUT2D eigenvalue weighted by Gasteiger charge is 2.76. The minimum Gasteiger partial charge on any atom is -0.396 e. The zero-order chi connectivity index (χ0) is 51.7. The van der Waals surface area contributed by atoms with E-state index < -0.39 is 202 Å². The van der Waals surface area contributed by atoms with Crippen molar-refractivity contribution in [1.82, 2.24) is 0 Å². The molecular weight excluding hydrogens is 961 g/mol. The van der Waals surface area contributed by atoms with Gasteiger partial charge in [0.25, 0.3) is 0 Å². The molecule has 30 atom stereocenters. The lowest BCUT2D eigenvalue weighted by Gasteiger charge is -2.60. The average molecular weight is 1040 g/mol. The van der Waals surface area contributed by atoms with Crippen molar-refractivity contribution in [3.8, 4) is 0 Å². The van der Waals surface area contributed by atoms with Gasteiger partial charge in [-0.25, -0.2) is 0 Å². The molecule has 10 rings (SSSR count). The van der Waals surface area contributed by atoms with Gasteiger partial charge in [-0.05, 0) is 49.9 Å². The minimum atomic E-state index is -2.10. The molecule has 9 fully saturated rings. The number of fused-ring (bicyclic) bond motifs is 7. The van der Waals surface area contributed by atoms with E-state index in [9.17, 15) is 71.2 Å². The van der Waals surface area contributed by atoms with Gasteiger partial charge in [0.1, 0.15) is 78.8 Å². The summed E-state index contributed by atoms with van der Waals surface area (Å²) in [5.74, 6) is -4.79. The Labute approximate surface area is 415 Å². The minimum absolute atomic E-state index is 0.0608. The Morgan fingerprint density at radius 3 is 2.18 bits per heavy atom. The molecule has 13 N–H and O–H groups in total. The summed E-state index contributed by atoms with van der Waals surface area (Å²) in [7, 11) is 0. The lowest BCUT2D eigenvalue weighted by Crippen LogP contribution is -2.65. The molecule has 3 saturated carbocycles. The predicted octanol–water partition coefficient (Wildman–Crippen LogP) is -4.98. The largest absolute Gasteiger partial charge is 0.396 e. The van der Waals surface area contributed by atoms with E-state index in [2.05, 4.69) is 0 Å². The molecule has 410 valence electrons. The monoisotopic (exact) mass is 1030 g/mol. The third-order valence-electron chi connectivity index (χ3n) is 18.8. The summed E-state index contributed by atoms with van der Waals surface area (Å²) in [6, 6.07) is 0. The normalized spacial score (nSPS) is 57.6. The Kier molecular flexibility index (Phi) is 14.8. The second-order valence-electron chi connectivity index (χ2n) is 22.9. The van der Waals surface area contributed by atoms with Crippen LogP contribution >= 0.6 is 0 Å². The van der Waals surface area contributed by atoms with Gasteiger partial charge >= 0.3 is 0 Å². The number of allylic oxidation sites excluding steroid dienone is 1. The number of ketones is 1. The van der Waals surface area contributed by atoms with E-state index in [1.165, 1.54) is 6.92 Å². The van der Waals surface area contributed by atoms with Crippen LogP contribution in [0.15, 0.2) is 11.6 Å². The summed E-state index contributed by atoms with van der Waals surface area (Å²) in [6.45, 7) is 4.58. The molecule has 0 unspecified atom stereocenters. The van der Waals surface area contributed by atoms with Crippen molar-refractivity contribution in [3.63, 3.8) is 0 Å². The van der Waals surface area contributed by atoms with Gasteiger partial charge in [0.05, 0.1) is 64.1 Å². The van der Waals surface area contributed by atoms with Gasteiger partial charge in [0.15, 0.2) is 30.9 Å². The fraction of sp³-hybridized carbons (Fsp3) is 0.938. The summed E-state index contributed by atoms with van der Waals surface area (Å²) < 4.78 is 60.8. The Balaban J connectivity index is 0.926. The van der Waals surface area contributed by atoms with E-state index in [0.29, 0.717) is 25.7 Å². The van der Waals surface area contributed by atoms with Crippen LogP contribution in [0.4, 0.5) is 0 Å². The van der Waals surface area contributed by atoms with Crippen LogP contribution in [0, 0.1) is 46.3 Å². The first-order valence-electron chi connectivity index (χ1n) is 25.5. The first-order chi connectivity index (χ1) is 34.0. The van der Waals surface area contributed by atoms with E-state index in [0.717, 1.165) is 5.57 Å². The second kappa shape index (κ2) is 19.7. The molecule has 1 spiro atoms. The number of hydrogen-bond donors (Lipinski definition) is 13. The number of Topliss-reactive ketones (excluding diaryl/α,β-unsaturated/α-hetero) is 1. The molecule has 4 aliphatic carbocycles. The van der Waals surface area contributed by atoms with Crippen molar-refractivity contribution in [2.45, 2.75) is 194 Å². The average Bonchev–Trinajstić information content (AvgIpc) is 3.93. The molecule has 0 aromatic rings. The van der Waals surface area contributed by atoms with Crippen LogP contribution in [-0.4, -0.2) is 246 Å². The van der Waals surface area contributed by atoms with Gasteiger partial charge < -0.3 is 114 Å². The van der Waals surface area contributed by atoms with Gasteiger partial charge in [0.2, 0.25) is 5.79 Å². The number of aliphatic hydroxyl groups excluding tert-OH is 12. The molecule has 0 radical (unpaired) electrons. The van der Waals surface area contributed by atoms with Crippen LogP contribution in [0.25, 0.3) is 0 Å². The van der Waals surface area contributed by atoms with Gasteiger partial charge in [0, 0.05) is 35.5 Å². The summed E-state index contributed by atoms with van der Waals surface area (Å²) in [6.07, 6.45) is -25.6.